The Morgan fingerprint density at radius 3 is 2.46 bits per heavy atom. The summed E-state index contributed by atoms with van der Waals surface area (Å²) in [6, 6.07) is 6.09. The summed E-state index contributed by atoms with van der Waals surface area (Å²) in [7, 11) is 1.50. The number of ether oxygens (including phenoxy) is 1. The maximum Gasteiger partial charge on any atom is 0.341 e. The van der Waals surface area contributed by atoms with Gasteiger partial charge in [-0.3, -0.25) is 14.9 Å². The summed E-state index contributed by atoms with van der Waals surface area (Å²) < 4.78 is 31.1. The molecule has 1 amide bonds. The molecule has 0 aliphatic heterocycles. The molecule has 8 nitrogen and oxygen atoms in total. The number of esters is 1. The van der Waals surface area contributed by atoms with Gasteiger partial charge >= 0.3 is 5.97 Å². The average Bonchev–Trinajstić information content (AvgIpc) is 2.61. The SMILES string of the molecule is CNc1ccc([N+](=O)[O-])cc1C(=O)OCC(=O)Nc1ccc(F)cc1F. The van der Waals surface area contributed by atoms with Gasteiger partial charge in [0.15, 0.2) is 6.61 Å². The van der Waals surface area contributed by atoms with E-state index in [9.17, 15) is 28.5 Å². The van der Waals surface area contributed by atoms with Crippen molar-refractivity contribution in [2.45, 2.75) is 0 Å². The first-order chi connectivity index (χ1) is 12.3. The lowest BCUT2D eigenvalue weighted by Gasteiger charge is -2.10. The third kappa shape index (κ3) is 4.50. The summed E-state index contributed by atoms with van der Waals surface area (Å²) in [5.41, 5.74) is -0.472. The molecule has 2 aromatic rings. The maximum atomic E-state index is 13.5. The van der Waals surface area contributed by atoms with E-state index in [0.29, 0.717) is 6.07 Å². The summed E-state index contributed by atoms with van der Waals surface area (Å²) in [4.78, 5) is 33.9. The van der Waals surface area contributed by atoms with E-state index in [-0.39, 0.29) is 22.6 Å². The predicted molar refractivity (Wildman–Crippen MR) is 87.9 cm³/mol. The first-order valence-corrected chi connectivity index (χ1v) is 7.20. The third-order valence-electron chi connectivity index (χ3n) is 3.24. The highest BCUT2D eigenvalue weighted by Gasteiger charge is 2.19. The fraction of sp³-hybridized carbons (Fsp3) is 0.125. The van der Waals surface area contributed by atoms with Crippen LogP contribution in [0.5, 0.6) is 0 Å². The number of amides is 1. The van der Waals surface area contributed by atoms with Crippen LogP contribution in [-0.2, 0) is 9.53 Å². The van der Waals surface area contributed by atoms with Gasteiger partial charge in [-0.05, 0) is 18.2 Å². The molecule has 0 saturated heterocycles. The number of benzene rings is 2. The van der Waals surface area contributed by atoms with Crippen LogP contribution in [0.4, 0.5) is 25.8 Å². The zero-order valence-electron chi connectivity index (χ0n) is 13.4. The smallest absolute Gasteiger partial charge is 0.341 e. The molecular formula is C16H13F2N3O5. The summed E-state index contributed by atoms with van der Waals surface area (Å²) in [5.74, 6) is -3.63. The van der Waals surface area contributed by atoms with E-state index in [0.717, 1.165) is 18.2 Å². The number of nitro benzene ring substituents is 1. The Kier molecular flexibility index (Phi) is 5.78. The molecule has 0 unspecified atom stereocenters. The summed E-state index contributed by atoms with van der Waals surface area (Å²) in [6.45, 7) is -0.762. The van der Waals surface area contributed by atoms with Gasteiger partial charge in [0, 0.05) is 30.9 Å². The molecule has 0 bridgehead atoms. The second-order valence-corrected chi connectivity index (χ2v) is 4.99. The Hall–Kier alpha value is -3.56. The van der Waals surface area contributed by atoms with Crippen LogP contribution < -0.4 is 10.6 Å². The number of hydrogen-bond donors (Lipinski definition) is 2. The highest BCUT2D eigenvalue weighted by atomic mass is 19.1. The molecule has 0 heterocycles. The van der Waals surface area contributed by atoms with Crippen molar-refractivity contribution in [3.63, 3.8) is 0 Å². The van der Waals surface area contributed by atoms with Crippen LogP contribution in [0, 0.1) is 21.7 Å². The molecule has 10 heteroatoms. The molecule has 26 heavy (non-hydrogen) atoms. The second kappa shape index (κ2) is 8.01. The topological polar surface area (TPSA) is 111 Å². The van der Waals surface area contributed by atoms with Crippen molar-refractivity contribution in [1.29, 1.82) is 0 Å². The van der Waals surface area contributed by atoms with Crippen molar-refractivity contribution in [1.82, 2.24) is 0 Å². The highest BCUT2D eigenvalue weighted by Crippen LogP contribution is 2.22. The monoisotopic (exact) mass is 365 g/mol. The zero-order valence-corrected chi connectivity index (χ0v) is 13.4. The zero-order chi connectivity index (χ0) is 19.3. The molecule has 136 valence electrons. The maximum absolute atomic E-state index is 13.5. The standard InChI is InChI=1S/C16H13F2N3O5/c1-19-13-5-3-10(21(24)25)7-11(13)16(23)26-8-15(22)20-14-4-2-9(17)6-12(14)18/h2-7,19H,8H2,1H3,(H,20,22). The van der Waals surface area contributed by atoms with Crippen LogP contribution in [0.25, 0.3) is 0 Å². The van der Waals surface area contributed by atoms with Crippen molar-refractivity contribution < 1.29 is 28.0 Å². The lowest BCUT2D eigenvalue weighted by atomic mass is 10.1. The predicted octanol–water partition coefficient (Wildman–Crippen LogP) is 2.71. The number of nitro groups is 1. The molecule has 0 aromatic heterocycles. The first-order valence-electron chi connectivity index (χ1n) is 7.20. The number of halogens is 2. The van der Waals surface area contributed by atoms with Gasteiger partial charge in [-0.1, -0.05) is 0 Å². The average molecular weight is 365 g/mol. The summed E-state index contributed by atoms with van der Waals surface area (Å²) in [5, 5.41) is 15.6. The van der Waals surface area contributed by atoms with Crippen LogP contribution >= 0.6 is 0 Å². The second-order valence-electron chi connectivity index (χ2n) is 4.99. The fourth-order valence-corrected chi connectivity index (χ4v) is 2.02. The fourth-order valence-electron chi connectivity index (χ4n) is 2.02. The van der Waals surface area contributed by atoms with Gasteiger partial charge in [0.05, 0.1) is 16.2 Å². The summed E-state index contributed by atoms with van der Waals surface area (Å²) >= 11 is 0. The number of carbonyl (C=O) groups is 2. The van der Waals surface area contributed by atoms with Gasteiger partial charge in [-0.15, -0.1) is 0 Å². The molecule has 0 aliphatic carbocycles. The Labute approximate surface area is 145 Å². The van der Waals surface area contributed by atoms with Crippen LogP contribution in [0.3, 0.4) is 0 Å². The molecule has 0 spiro atoms. The molecule has 0 radical (unpaired) electrons. The van der Waals surface area contributed by atoms with E-state index in [1.54, 1.807) is 0 Å². The van der Waals surface area contributed by atoms with Crippen LogP contribution in [0.2, 0.25) is 0 Å². The van der Waals surface area contributed by atoms with Crippen molar-refractivity contribution in [3.05, 3.63) is 63.7 Å². The molecule has 0 fully saturated rings. The summed E-state index contributed by atoms with van der Waals surface area (Å²) in [6.07, 6.45) is 0. The molecule has 2 N–H and O–H groups in total. The van der Waals surface area contributed by atoms with Gasteiger partial charge < -0.3 is 15.4 Å². The first kappa shape index (κ1) is 18.8. The van der Waals surface area contributed by atoms with Crippen molar-refractivity contribution in [2.24, 2.45) is 0 Å². The van der Waals surface area contributed by atoms with Gasteiger partial charge in [0.1, 0.15) is 11.6 Å². The Morgan fingerprint density at radius 1 is 1.15 bits per heavy atom. The van der Waals surface area contributed by atoms with E-state index < -0.39 is 35.0 Å². The third-order valence-corrected chi connectivity index (χ3v) is 3.24. The van der Waals surface area contributed by atoms with E-state index >= 15 is 0 Å². The van der Waals surface area contributed by atoms with Crippen LogP contribution in [0.1, 0.15) is 10.4 Å². The lowest BCUT2D eigenvalue weighted by Crippen LogP contribution is -2.22. The van der Waals surface area contributed by atoms with Gasteiger partial charge in [0.25, 0.3) is 11.6 Å². The molecule has 2 rings (SSSR count). The minimum absolute atomic E-state index is 0.137. The molecule has 0 atom stereocenters. The molecule has 2 aromatic carbocycles. The number of rotatable bonds is 6. The van der Waals surface area contributed by atoms with Crippen molar-refractivity contribution in [3.8, 4) is 0 Å². The molecular weight excluding hydrogens is 352 g/mol. The number of nitrogens with one attached hydrogen (secondary N) is 2. The number of anilines is 2. The van der Waals surface area contributed by atoms with Crippen molar-refractivity contribution in [2.75, 3.05) is 24.3 Å². The van der Waals surface area contributed by atoms with Crippen LogP contribution in [0.15, 0.2) is 36.4 Å². The number of non-ortho nitro benzene ring substituents is 1. The van der Waals surface area contributed by atoms with Gasteiger partial charge in [-0.2, -0.15) is 0 Å². The number of carbonyl (C=O) groups excluding carboxylic acids is 2. The van der Waals surface area contributed by atoms with E-state index in [1.807, 2.05) is 0 Å². The van der Waals surface area contributed by atoms with Crippen LogP contribution in [-0.4, -0.2) is 30.5 Å². The van der Waals surface area contributed by atoms with Gasteiger partial charge in [-0.25, -0.2) is 13.6 Å². The van der Waals surface area contributed by atoms with Gasteiger partial charge in [0.2, 0.25) is 0 Å². The van der Waals surface area contributed by atoms with Crippen molar-refractivity contribution >= 4 is 28.9 Å². The van der Waals surface area contributed by atoms with E-state index in [4.69, 9.17) is 4.74 Å². The van der Waals surface area contributed by atoms with E-state index in [1.165, 1.54) is 19.2 Å². The minimum atomic E-state index is -0.985. The highest BCUT2D eigenvalue weighted by molar-refractivity contribution is 5.99. The molecule has 0 saturated carbocycles. The number of hydrogen-bond acceptors (Lipinski definition) is 6. The Morgan fingerprint density at radius 2 is 1.85 bits per heavy atom. The molecule has 0 aliphatic rings. The lowest BCUT2D eigenvalue weighted by molar-refractivity contribution is -0.384. The van der Waals surface area contributed by atoms with E-state index in [2.05, 4.69) is 10.6 Å². The Balaban J connectivity index is 2.05. The quantitative estimate of drug-likeness (QED) is 0.463. The number of nitrogens with zero attached hydrogens (tertiary/aromatic N) is 1. The minimum Gasteiger partial charge on any atom is -0.452 e. The normalized spacial score (nSPS) is 10.1. The largest absolute Gasteiger partial charge is 0.452 e. The Bertz CT molecular complexity index is 873.